The Morgan fingerprint density at radius 3 is 2.86 bits per heavy atom. The van der Waals surface area contributed by atoms with E-state index in [2.05, 4.69) is 34.1 Å². The Morgan fingerprint density at radius 2 is 2.07 bits per heavy atom. The summed E-state index contributed by atoms with van der Waals surface area (Å²) in [5.74, 6) is -0.487. The van der Waals surface area contributed by atoms with E-state index < -0.39 is 11.9 Å². The van der Waals surface area contributed by atoms with Crippen molar-refractivity contribution in [1.29, 1.82) is 0 Å². The zero-order valence-corrected chi connectivity index (χ0v) is 16.4. The van der Waals surface area contributed by atoms with Crippen molar-refractivity contribution >= 4 is 16.9 Å². The average molecular weight is 378 g/mol. The van der Waals surface area contributed by atoms with Gasteiger partial charge in [-0.1, -0.05) is 25.1 Å². The molecule has 0 aliphatic carbocycles. The molecule has 2 N–H and O–H groups in total. The lowest BCUT2D eigenvalue weighted by Gasteiger charge is -2.15. The van der Waals surface area contributed by atoms with E-state index in [1.165, 1.54) is 16.6 Å². The number of aromatic nitrogens is 1. The number of fused-ring (bicyclic) bond motifs is 3. The molecule has 5 nitrogen and oxygen atoms in total. The molecule has 5 heteroatoms. The van der Waals surface area contributed by atoms with Crippen LogP contribution in [0.4, 0.5) is 0 Å². The van der Waals surface area contributed by atoms with Crippen molar-refractivity contribution < 1.29 is 14.6 Å². The number of carboxylic acids is 1. The third-order valence-electron chi connectivity index (χ3n) is 5.63. The minimum atomic E-state index is -0.784. The molecule has 0 spiro atoms. The molecule has 28 heavy (non-hydrogen) atoms. The molecule has 0 saturated heterocycles. The summed E-state index contributed by atoms with van der Waals surface area (Å²) in [6.45, 7) is 4.70. The molecule has 2 heterocycles. The van der Waals surface area contributed by atoms with Crippen LogP contribution in [0.5, 0.6) is 5.75 Å². The van der Waals surface area contributed by atoms with Crippen LogP contribution in [0.2, 0.25) is 0 Å². The minimum Gasteiger partial charge on any atom is -0.497 e. The number of rotatable bonds is 5. The van der Waals surface area contributed by atoms with Crippen LogP contribution in [-0.4, -0.2) is 35.8 Å². The van der Waals surface area contributed by atoms with Gasteiger partial charge in [0.15, 0.2) is 0 Å². The van der Waals surface area contributed by atoms with E-state index in [0.717, 1.165) is 48.5 Å². The fraction of sp³-hybridized carbons (Fsp3) is 0.348. The van der Waals surface area contributed by atoms with Crippen molar-refractivity contribution in [2.24, 2.45) is 5.92 Å². The predicted octanol–water partition coefficient (Wildman–Crippen LogP) is 3.73. The zero-order chi connectivity index (χ0) is 19.7. The maximum atomic E-state index is 11.4. The summed E-state index contributed by atoms with van der Waals surface area (Å²) in [4.78, 5) is 11.4. The van der Waals surface area contributed by atoms with Crippen molar-refractivity contribution in [3.8, 4) is 16.9 Å². The number of aliphatic carboxylic acids is 1. The molecule has 1 aromatic heterocycles. The van der Waals surface area contributed by atoms with Gasteiger partial charge in [0.05, 0.1) is 13.0 Å². The van der Waals surface area contributed by atoms with Crippen LogP contribution in [0.15, 0.2) is 42.5 Å². The number of nitrogens with one attached hydrogen (secondary N) is 1. The second-order valence-corrected chi connectivity index (χ2v) is 7.53. The van der Waals surface area contributed by atoms with Crippen molar-refractivity contribution in [1.82, 2.24) is 9.88 Å². The Hall–Kier alpha value is -2.79. The Kier molecular flexibility index (Phi) is 5.09. The highest BCUT2D eigenvalue weighted by Crippen LogP contribution is 2.32. The SMILES string of the molecule is COc1ccc(-c2ccc3cc4n(c3c2)CCNCC4)c(CC(C)C(=O)O)c1. The number of hydrogen-bond donors (Lipinski definition) is 2. The van der Waals surface area contributed by atoms with Gasteiger partial charge in [-0.3, -0.25) is 4.79 Å². The van der Waals surface area contributed by atoms with Crippen LogP contribution in [0.3, 0.4) is 0 Å². The van der Waals surface area contributed by atoms with Crippen molar-refractivity contribution in [2.75, 3.05) is 20.2 Å². The summed E-state index contributed by atoms with van der Waals surface area (Å²) in [5, 5.41) is 14.1. The van der Waals surface area contributed by atoms with Gasteiger partial charge in [0.25, 0.3) is 0 Å². The van der Waals surface area contributed by atoms with E-state index in [-0.39, 0.29) is 0 Å². The van der Waals surface area contributed by atoms with Gasteiger partial charge in [0.1, 0.15) is 5.75 Å². The molecule has 1 aliphatic heterocycles. The maximum Gasteiger partial charge on any atom is 0.306 e. The Balaban J connectivity index is 1.80. The first-order valence-corrected chi connectivity index (χ1v) is 9.80. The van der Waals surface area contributed by atoms with E-state index in [1.54, 1.807) is 14.0 Å². The summed E-state index contributed by atoms with van der Waals surface area (Å²) in [5.41, 5.74) is 5.78. The number of carbonyl (C=O) groups is 1. The lowest BCUT2D eigenvalue weighted by atomic mass is 9.92. The smallest absolute Gasteiger partial charge is 0.306 e. The number of hydrogen-bond acceptors (Lipinski definition) is 3. The summed E-state index contributed by atoms with van der Waals surface area (Å²) >= 11 is 0. The molecule has 0 saturated carbocycles. The first-order chi connectivity index (χ1) is 13.6. The molecule has 1 unspecified atom stereocenters. The second kappa shape index (κ2) is 7.68. The molecule has 0 bridgehead atoms. The largest absolute Gasteiger partial charge is 0.497 e. The van der Waals surface area contributed by atoms with Crippen LogP contribution in [0.1, 0.15) is 18.2 Å². The van der Waals surface area contributed by atoms with Gasteiger partial charge < -0.3 is 19.7 Å². The second-order valence-electron chi connectivity index (χ2n) is 7.53. The molecule has 3 aromatic rings. The van der Waals surface area contributed by atoms with Gasteiger partial charge >= 0.3 is 5.97 Å². The standard InChI is InChI=1S/C23H26N2O3/c1-15(23(26)27)11-18-13-20(28-2)5-6-21(18)16-3-4-17-12-19-7-8-24-9-10-25(19)22(17)14-16/h3-6,12-15,24H,7-11H2,1-2H3,(H,26,27). The molecule has 0 amide bonds. The topological polar surface area (TPSA) is 63.5 Å². The quantitative estimate of drug-likeness (QED) is 0.710. The van der Waals surface area contributed by atoms with Crippen LogP contribution in [-0.2, 0) is 24.2 Å². The number of carboxylic acid groups (broad SMARTS) is 1. The van der Waals surface area contributed by atoms with Crippen LogP contribution in [0, 0.1) is 5.92 Å². The summed E-state index contributed by atoms with van der Waals surface area (Å²) < 4.78 is 7.78. The highest BCUT2D eigenvalue weighted by molar-refractivity contribution is 5.87. The first-order valence-electron chi connectivity index (χ1n) is 9.80. The van der Waals surface area contributed by atoms with Crippen molar-refractivity contribution in [3.63, 3.8) is 0 Å². The first kappa shape index (κ1) is 18.6. The predicted molar refractivity (Wildman–Crippen MR) is 111 cm³/mol. The summed E-state index contributed by atoms with van der Waals surface area (Å²) in [6.07, 6.45) is 1.50. The monoisotopic (exact) mass is 378 g/mol. The van der Waals surface area contributed by atoms with E-state index >= 15 is 0 Å². The molecule has 1 atom stereocenters. The average Bonchev–Trinajstić information content (AvgIpc) is 2.87. The van der Waals surface area contributed by atoms with Crippen molar-refractivity contribution in [3.05, 3.63) is 53.7 Å². The summed E-state index contributed by atoms with van der Waals surface area (Å²) in [6, 6.07) is 14.8. The highest BCUT2D eigenvalue weighted by Gasteiger charge is 2.17. The third kappa shape index (κ3) is 3.50. The lowest BCUT2D eigenvalue weighted by Crippen LogP contribution is -2.17. The third-order valence-corrected chi connectivity index (χ3v) is 5.63. The zero-order valence-electron chi connectivity index (χ0n) is 16.4. The van der Waals surface area contributed by atoms with Gasteiger partial charge in [-0.15, -0.1) is 0 Å². The number of ether oxygens (including phenoxy) is 1. The molecule has 0 radical (unpaired) electrons. The minimum absolute atomic E-state index is 0.453. The van der Waals surface area contributed by atoms with E-state index in [9.17, 15) is 9.90 Å². The Morgan fingerprint density at radius 1 is 1.21 bits per heavy atom. The van der Waals surface area contributed by atoms with E-state index in [0.29, 0.717) is 6.42 Å². The van der Waals surface area contributed by atoms with Gasteiger partial charge in [0, 0.05) is 37.3 Å². The molecule has 0 fully saturated rings. The fourth-order valence-corrected chi connectivity index (χ4v) is 4.05. The van der Waals surface area contributed by atoms with Crippen LogP contribution in [0.25, 0.3) is 22.0 Å². The number of benzene rings is 2. The Bertz CT molecular complexity index is 1020. The normalized spacial score (nSPS) is 15.1. The maximum absolute atomic E-state index is 11.4. The highest BCUT2D eigenvalue weighted by atomic mass is 16.5. The van der Waals surface area contributed by atoms with Crippen LogP contribution < -0.4 is 10.1 Å². The fourth-order valence-electron chi connectivity index (χ4n) is 4.05. The molecular formula is C23H26N2O3. The van der Waals surface area contributed by atoms with Gasteiger partial charge in [-0.05, 0) is 52.8 Å². The molecule has 146 valence electrons. The summed E-state index contributed by atoms with van der Waals surface area (Å²) in [7, 11) is 1.63. The van der Waals surface area contributed by atoms with Gasteiger partial charge in [-0.2, -0.15) is 0 Å². The van der Waals surface area contributed by atoms with E-state index in [1.807, 2.05) is 18.2 Å². The number of methoxy groups -OCH3 is 1. The molecule has 1 aliphatic rings. The molecule has 2 aromatic carbocycles. The molecular weight excluding hydrogens is 352 g/mol. The van der Waals surface area contributed by atoms with E-state index in [4.69, 9.17) is 4.74 Å². The lowest BCUT2D eigenvalue weighted by molar-refractivity contribution is -0.141. The number of nitrogens with zero attached hydrogens (tertiary/aromatic N) is 1. The Labute approximate surface area is 164 Å². The van der Waals surface area contributed by atoms with Gasteiger partial charge in [-0.25, -0.2) is 0 Å². The molecule has 4 rings (SSSR count). The van der Waals surface area contributed by atoms with Gasteiger partial charge in [0.2, 0.25) is 0 Å². The van der Waals surface area contributed by atoms with Crippen molar-refractivity contribution in [2.45, 2.75) is 26.3 Å². The van der Waals surface area contributed by atoms with Crippen LogP contribution >= 0.6 is 0 Å².